The Hall–Kier alpha value is -1.18. The van der Waals surface area contributed by atoms with Crippen molar-refractivity contribution in [1.29, 1.82) is 0 Å². The maximum absolute atomic E-state index is 11.2. The number of sulfonamides is 1. The Bertz CT molecular complexity index is 524. The average molecular weight is 283 g/mol. The molecule has 0 aromatic carbocycles. The van der Waals surface area contributed by atoms with Gasteiger partial charge in [0.2, 0.25) is 10.0 Å². The number of hydrogen-bond donors (Lipinski definition) is 1. The largest absolute Gasteiger partial charge is 0.456 e. The second-order valence-electron chi connectivity index (χ2n) is 4.68. The van der Waals surface area contributed by atoms with Crippen molar-refractivity contribution in [3.8, 4) is 0 Å². The molecule has 1 aromatic rings. The molecule has 106 valence electrons. The molecule has 0 spiro atoms. The Morgan fingerprint density at radius 2 is 2.05 bits per heavy atom. The summed E-state index contributed by atoms with van der Waals surface area (Å²) < 4.78 is 24.9. The summed E-state index contributed by atoms with van der Waals surface area (Å²) in [4.78, 5) is 8.57. The Kier molecular flexibility index (Phi) is 4.38. The molecule has 1 aromatic heterocycles. The van der Waals surface area contributed by atoms with Crippen molar-refractivity contribution in [2.45, 2.75) is 6.54 Å². The minimum absolute atomic E-state index is 0.270. The molecule has 19 heavy (non-hydrogen) atoms. The van der Waals surface area contributed by atoms with Crippen molar-refractivity contribution in [2.24, 2.45) is 0 Å². The lowest BCUT2D eigenvalue weighted by Crippen LogP contribution is -2.44. The summed E-state index contributed by atoms with van der Waals surface area (Å²) in [6, 6.07) is 3.72. The van der Waals surface area contributed by atoms with Gasteiger partial charge in [0, 0.05) is 31.4 Å². The standard InChI is InChI=1S/C12H19N4O2S/c1-15-6-8-16(9-7-15)12-11(4-3-5-13-12)10-14-19(2,17)18/h3-5,14H,1,6-10H2,2H3/q-1. The number of anilines is 1. The molecule has 0 saturated carbocycles. The highest BCUT2D eigenvalue weighted by Crippen LogP contribution is 2.18. The molecule has 0 amide bonds. The van der Waals surface area contributed by atoms with E-state index in [4.69, 9.17) is 0 Å². The fraction of sp³-hybridized carbons (Fsp3) is 0.500. The van der Waals surface area contributed by atoms with Gasteiger partial charge >= 0.3 is 0 Å². The van der Waals surface area contributed by atoms with Gasteiger partial charge in [-0.25, -0.2) is 18.1 Å². The first-order valence-corrected chi connectivity index (χ1v) is 8.04. The summed E-state index contributed by atoms with van der Waals surface area (Å²) in [5, 5.41) is 0. The maximum atomic E-state index is 11.2. The van der Waals surface area contributed by atoms with Crippen LogP contribution >= 0.6 is 0 Å². The lowest BCUT2D eigenvalue weighted by atomic mass is 10.2. The van der Waals surface area contributed by atoms with Crippen LogP contribution in [0.1, 0.15) is 5.56 Å². The van der Waals surface area contributed by atoms with Crippen molar-refractivity contribution < 1.29 is 8.42 Å². The lowest BCUT2D eigenvalue weighted by molar-refractivity contribution is 0.343. The SMILES string of the molecule is [CH2-]N1CCN(c2ncccc2CNS(C)(=O)=O)CC1. The van der Waals surface area contributed by atoms with Crippen LogP contribution < -0.4 is 9.62 Å². The summed E-state index contributed by atoms with van der Waals surface area (Å²) in [5.74, 6) is 0.853. The van der Waals surface area contributed by atoms with Crippen LogP contribution in [0.3, 0.4) is 0 Å². The third-order valence-corrected chi connectivity index (χ3v) is 3.73. The third-order valence-electron chi connectivity index (χ3n) is 3.06. The van der Waals surface area contributed by atoms with E-state index < -0.39 is 10.0 Å². The van der Waals surface area contributed by atoms with Gasteiger partial charge in [-0.3, -0.25) is 7.05 Å². The smallest absolute Gasteiger partial charge is 0.209 e. The Morgan fingerprint density at radius 3 is 2.68 bits per heavy atom. The second-order valence-corrected chi connectivity index (χ2v) is 6.52. The van der Waals surface area contributed by atoms with Gasteiger partial charge in [-0.1, -0.05) is 6.07 Å². The minimum Gasteiger partial charge on any atom is -0.456 e. The summed E-state index contributed by atoms with van der Waals surface area (Å²) in [6.07, 6.45) is 2.89. The van der Waals surface area contributed by atoms with Crippen molar-refractivity contribution >= 4 is 15.8 Å². The van der Waals surface area contributed by atoms with Crippen molar-refractivity contribution in [3.63, 3.8) is 0 Å². The summed E-state index contributed by atoms with van der Waals surface area (Å²) in [7, 11) is 0.718. The van der Waals surface area contributed by atoms with Crippen LogP contribution in [0.5, 0.6) is 0 Å². The first-order chi connectivity index (χ1) is 8.96. The highest BCUT2D eigenvalue weighted by molar-refractivity contribution is 7.88. The highest BCUT2D eigenvalue weighted by Gasteiger charge is 2.16. The summed E-state index contributed by atoms with van der Waals surface area (Å²) in [6.45, 7) is 3.75. The van der Waals surface area contributed by atoms with Crippen LogP contribution in [0.15, 0.2) is 18.3 Å². The third kappa shape index (κ3) is 4.15. The lowest BCUT2D eigenvalue weighted by Gasteiger charge is -2.38. The molecule has 0 radical (unpaired) electrons. The zero-order valence-corrected chi connectivity index (χ0v) is 11.9. The van der Waals surface area contributed by atoms with Crippen LogP contribution in [0.2, 0.25) is 0 Å². The number of piperazine rings is 1. The predicted molar refractivity (Wildman–Crippen MR) is 75.1 cm³/mol. The van der Waals surface area contributed by atoms with Gasteiger partial charge in [-0.15, -0.1) is 0 Å². The quantitative estimate of drug-likeness (QED) is 0.791. The van der Waals surface area contributed by atoms with Gasteiger partial charge in [0.05, 0.1) is 6.26 Å². The van der Waals surface area contributed by atoms with Crippen LogP contribution in [-0.2, 0) is 16.6 Å². The van der Waals surface area contributed by atoms with E-state index in [0.717, 1.165) is 43.8 Å². The van der Waals surface area contributed by atoms with E-state index in [1.54, 1.807) is 6.20 Å². The van der Waals surface area contributed by atoms with E-state index >= 15 is 0 Å². The van der Waals surface area contributed by atoms with Crippen molar-refractivity contribution in [3.05, 3.63) is 30.9 Å². The molecule has 7 heteroatoms. The van der Waals surface area contributed by atoms with Crippen LogP contribution in [0.4, 0.5) is 5.82 Å². The molecular weight excluding hydrogens is 264 g/mol. The Balaban J connectivity index is 2.12. The number of aromatic nitrogens is 1. The van der Waals surface area contributed by atoms with Crippen LogP contribution in [0.25, 0.3) is 0 Å². The summed E-state index contributed by atoms with van der Waals surface area (Å²) in [5.41, 5.74) is 0.894. The Labute approximate surface area is 114 Å². The van der Waals surface area contributed by atoms with Gasteiger partial charge in [0.25, 0.3) is 0 Å². The van der Waals surface area contributed by atoms with E-state index in [2.05, 4.69) is 21.7 Å². The van der Waals surface area contributed by atoms with Crippen LogP contribution in [-0.4, -0.2) is 50.7 Å². The number of hydrogen-bond acceptors (Lipinski definition) is 5. The molecule has 1 aliphatic rings. The molecule has 2 heterocycles. The fourth-order valence-electron chi connectivity index (χ4n) is 2.02. The van der Waals surface area contributed by atoms with Gasteiger partial charge < -0.3 is 9.80 Å². The van der Waals surface area contributed by atoms with Crippen molar-refractivity contribution in [2.75, 3.05) is 37.3 Å². The maximum Gasteiger partial charge on any atom is 0.209 e. The molecule has 2 rings (SSSR count). The zero-order valence-electron chi connectivity index (χ0n) is 11.0. The summed E-state index contributed by atoms with van der Waals surface area (Å²) >= 11 is 0. The van der Waals surface area contributed by atoms with E-state index in [0.29, 0.717) is 0 Å². The molecule has 1 saturated heterocycles. The Morgan fingerprint density at radius 1 is 1.37 bits per heavy atom. The molecule has 0 unspecified atom stereocenters. The number of rotatable bonds is 4. The highest BCUT2D eigenvalue weighted by atomic mass is 32.2. The predicted octanol–water partition coefficient (Wildman–Crippen LogP) is 0.0444. The molecule has 1 N–H and O–H groups in total. The zero-order chi connectivity index (χ0) is 13.9. The van der Waals surface area contributed by atoms with E-state index in [1.807, 2.05) is 17.0 Å². The molecule has 0 aliphatic carbocycles. The molecule has 6 nitrogen and oxygen atoms in total. The molecule has 1 aliphatic heterocycles. The monoisotopic (exact) mass is 283 g/mol. The number of nitrogens with zero attached hydrogens (tertiary/aromatic N) is 3. The molecular formula is C12H19N4O2S-. The topological polar surface area (TPSA) is 65.5 Å². The van der Waals surface area contributed by atoms with E-state index in [1.165, 1.54) is 0 Å². The van der Waals surface area contributed by atoms with E-state index in [9.17, 15) is 8.42 Å². The molecule has 0 bridgehead atoms. The minimum atomic E-state index is -3.19. The van der Waals surface area contributed by atoms with Crippen LogP contribution in [0, 0.1) is 7.05 Å². The molecule has 0 atom stereocenters. The van der Waals surface area contributed by atoms with Gasteiger partial charge in [0.15, 0.2) is 0 Å². The van der Waals surface area contributed by atoms with Gasteiger partial charge in [-0.05, 0) is 19.2 Å². The first-order valence-electron chi connectivity index (χ1n) is 6.14. The average Bonchev–Trinajstić information content (AvgIpc) is 2.37. The fourth-order valence-corrected chi connectivity index (χ4v) is 2.44. The number of nitrogens with one attached hydrogen (secondary N) is 1. The second kappa shape index (κ2) is 5.85. The van der Waals surface area contributed by atoms with Crippen molar-refractivity contribution in [1.82, 2.24) is 14.6 Å². The number of pyridine rings is 1. The first kappa shape index (κ1) is 14.2. The normalized spacial score (nSPS) is 17.7. The van der Waals surface area contributed by atoms with E-state index in [-0.39, 0.29) is 6.54 Å². The molecule has 1 fully saturated rings. The van der Waals surface area contributed by atoms with Gasteiger partial charge in [-0.2, -0.15) is 0 Å². The van der Waals surface area contributed by atoms with Gasteiger partial charge in [0.1, 0.15) is 5.82 Å².